The van der Waals surface area contributed by atoms with Crippen LogP contribution >= 0.6 is 34.8 Å². The van der Waals surface area contributed by atoms with Gasteiger partial charge in [-0.25, -0.2) is 14.2 Å². The van der Waals surface area contributed by atoms with Gasteiger partial charge in [0.25, 0.3) is 0 Å². The molecule has 8 heteroatoms. The first-order valence-electron chi connectivity index (χ1n) is 11.9. The first-order valence-corrected chi connectivity index (χ1v) is 13.1. The molecule has 0 radical (unpaired) electrons. The Hall–Kier alpha value is -2.44. The van der Waals surface area contributed by atoms with Gasteiger partial charge in [0.2, 0.25) is 0 Å². The second kappa shape index (κ2) is 10.1. The lowest BCUT2D eigenvalue weighted by Crippen LogP contribution is -2.37. The highest BCUT2D eigenvalue weighted by atomic mass is 35.5. The molecule has 36 heavy (non-hydrogen) atoms. The molecule has 0 saturated carbocycles. The molecule has 0 unspecified atom stereocenters. The minimum absolute atomic E-state index is 0.289. The zero-order chi connectivity index (χ0) is 25.6. The summed E-state index contributed by atoms with van der Waals surface area (Å²) in [5.74, 6) is -0.121. The number of hydrogen-bond donors (Lipinski definition) is 0. The largest absolute Gasteiger partial charge is 0.352 e. The Morgan fingerprint density at radius 2 is 1.64 bits per heavy atom. The smallest absolute Gasteiger partial charge is 0.301 e. The molecule has 1 aromatic heterocycles. The van der Waals surface area contributed by atoms with E-state index in [0.717, 1.165) is 37.1 Å². The highest BCUT2D eigenvalue weighted by Gasteiger charge is 2.25. The monoisotopic (exact) mass is 543 g/mol. The molecule has 0 N–H and O–H groups in total. The van der Waals surface area contributed by atoms with Gasteiger partial charge in [0.15, 0.2) is 0 Å². The molecule has 2 heterocycles. The fourth-order valence-electron chi connectivity index (χ4n) is 5.10. The average molecular weight is 545 g/mol. The van der Waals surface area contributed by atoms with Crippen molar-refractivity contribution in [1.29, 1.82) is 0 Å². The van der Waals surface area contributed by atoms with Crippen LogP contribution in [0.25, 0.3) is 27.7 Å². The quantitative estimate of drug-likeness (QED) is 0.264. The third kappa shape index (κ3) is 4.66. The Morgan fingerprint density at radius 1 is 0.944 bits per heavy atom. The summed E-state index contributed by atoms with van der Waals surface area (Å²) in [5.41, 5.74) is 3.06. The van der Waals surface area contributed by atoms with E-state index >= 15 is 0 Å². The Balaban J connectivity index is 1.79. The van der Waals surface area contributed by atoms with E-state index in [0.29, 0.717) is 44.2 Å². The van der Waals surface area contributed by atoms with E-state index in [4.69, 9.17) is 34.8 Å². The SMILES string of the molecule is CC(C)N1CCC(c2cc(-c3ccc(F)cc3Cl)c3cnc(=O)n(-c4c(Cl)cccc4Cl)c3c2)CC1. The molecule has 5 rings (SSSR count). The van der Waals surface area contributed by atoms with Gasteiger partial charge in [-0.2, -0.15) is 0 Å². The first-order chi connectivity index (χ1) is 17.2. The molecule has 4 nitrogen and oxygen atoms in total. The van der Waals surface area contributed by atoms with Crippen molar-refractivity contribution >= 4 is 45.7 Å². The number of rotatable bonds is 4. The van der Waals surface area contributed by atoms with Gasteiger partial charge in [0.05, 0.1) is 26.3 Å². The van der Waals surface area contributed by atoms with Crippen LogP contribution < -0.4 is 5.69 Å². The van der Waals surface area contributed by atoms with Crippen LogP contribution in [0.1, 0.15) is 38.2 Å². The van der Waals surface area contributed by atoms with E-state index in [1.807, 2.05) is 6.07 Å². The number of benzene rings is 3. The van der Waals surface area contributed by atoms with Crippen molar-refractivity contribution in [3.63, 3.8) is 0 Å². The van der Waals surface area contributed by atoms with Gasteiger partial charge in [0, 0.05) is 23.2 Å². The van der Waals surface area contributed by atoms with E-state index in [-0.39, 0.29) is 5.02 Å². The molecule has 1 aliphatic heterocycles. The average Bonchev–Trinajstić information content (AvgIpc) is 2.84. The van der Waals surface area contributed by atoms with Crippen LogP contribution in [0.3, 0.4) is 0 Å². The Morgan fingerprint density at radius 3 is 2.28 bits per heavy atom. The second-order valence-electron chi connectivity index (χ2n) is 9.48. The highest BCUT2D eigenvalue weighted by Crippen LogP contribution is 2.40. The number of likely N-dealkylation sites (tertiary alicyclic amines) is 1. The molecule has 4 aromatic rings. The van der Waals surface area contributed by atoms with Crippen molar-refractivity contribution < 1.29 is 4.39 Å². The second-order valence-corrected chi connectivity index (χ2v) is 10.7. The maximum Gasteiger partial charge on any atom is 0.352 e. The molecule has 3 aromatic carbocycles. The van der Waals surface area contributed by atoms with Crippen molar-refractivity contribution in [3.8, 4) is 16.8 Å². The van der Waals surface area contributed by atoms with Crippen molar-refractivity contribution in [3.05, 3.63) is 91.7 Å². The van der Waals surface area contributed by atoms with Crippen LogP contribution in [0.15, 0.2) is 59.5 Å². The number of halogens is 4. The minimum atomic E-state index is -0.486. The van der Waals surface area contributed by atoms with Crippen LogP contribution in [-0.4, -0.2) is 33.6 Å². The summed E-state index contributed by atoms with van der Waals surface area (Å²) in [6.07, 6.45) is 3.52. The Kier molecular flexibility index (Phi) is 7.10. The van der Waals surface area contributed by atoms with Crippen LogP contribution in [0, 0.1) is 5.82 Å². The van der Waals surface area contributed by atoms with Gasteiger partial charge in [-0.1, -0.05) is 46.9 Å². The fourth-order valence-corrected chi connectivity index (χ4v) is 5.93. The van der Waals surface area contributed by atoms with Gasteiger partial charge >= 0.3 is 5.69 Å². The standard InChI is InChI=1S/C28H25Cl3FN3O/c1-16(2)34-10-8-17(9-11-34)18-12-21(20-7-6-19(32)14-25(20)31)22-15-33-28(36)35(26(22)13-18)27-23(29)4-3-5-24(27)30/h3-7,12-17H,8-11H2,1-2H3. The zero-order valence-corrected chi connectivity index (χ0v) is 22.2. The summed E-state index contributed by atoms with van der Waals surface area (Å²) in [4.78, 5) is 19.8. The fraction of sp³-hybridized carbons (Fsp3) is 0.286. The lowest BCUT2D eigenvalue weighted by molar-refractivity contribution is 0.172. The van der Waals surface area contributed by atoms with E-state index in [9.17, 15) is 9.18 Å². The van der Waals surface area contributed by atoms with Crippen LogP contribution in [0.5, 0.6) is 0 Å². The number of nitrogens with zero attached hydrogens (tertiary/aromatic N) is 3. The summed E-state index contributed by atoms with van der Waals surface area (Å²) < 4.78 is 15.4. The van der Waals surface area contributed by atoms with Gasteiger partial charge in [-0.15, -0.1) is 0 Å². The van der Waals surface area contributed by atoms with Gasteiger partial charge < -0.3 is 4.90 Å². The summed E-state index contributed by atoms with van der Waals surface area (Å²) in [5, 5.41) is 1.67. The van der Waals surface area contributed by atoms with E-state index in [1.165, 1.54) is 16.7 Å². The minimum Gasteiger partial charge on any atom is -0.301 e. The topological polar surface area (TPSA) is 38.1 Å². The molecule has 0 spiro atoms. The molecule has 1 saturated heterocycles. The normalized spacial score (nSPS) is 15.2. The van der Waals surface area contributed by atoms with Crippen molar-refractivity contribution in [2.24, 2.45) is 0 Å². The molecule has 186 valence electrons. The van der Waals surface area contributed by atoms with Crippen molar-refractivity contribution in [2.45, 2.75) is 38.6 Å². The maximum absolute atomic E-state index is 13.9. The molecular weight excluding hydrogens is 520 g/mol. The Labute approximate surface area is 224 Å². The van der Waals surface area contributed by atoms with Gasteiger partial charge in [0.1, 0.15) is 5.82 Å². The number of para-hydroxylation sites is 1. The van der Waals surface area contributed by atoms with E-state index in [1.54, 1.807) is 30.5 Å². The van der Waals surface area contributed by atoms with Crippen LogP contribution in [-0.2, 0) is 0 Å². The van der Waals surface area contributed by atoms with Crippen LogP contribution in [0.2, 0.25) is 15.1 Å². The molecule has 0 amide bonds. The number of aromatic nitrogens is 2. The Bertz CT molecular complexity index is 1490. The van der Waals surface area contributed by atoms with Gasteiger partial charge in [-0.3, -0.25) is 4.57 Å². The van der Waals surface area contributed by atoms with Crippen LogP contribution in [0.4, 0.5) is 4.39 Å². The van der Waals surface area contributed by atoms with Crippen molar-refractivity contribution in [1.82, 2.24) is 14.5 Å². The molecule has 0 bridgehead atoms. The molecule has 0 aliphatic carbocycles. The predicted octanol–water partition coefficient (Wildman–Crippen LogP) is 7.74. The summed E-state index contributed by atoms with van der Waals surface area (Å²) in [6, 6.07) is 14.1. The van der Waals surface area contributed by atoms with E-state index < -0.39 is 11.5 Å². The summed E-state index contributed by atoms with van der Waals surface area (Å²) in [6.45, 7) is 6.41. The third-order valence-electron chi connectivity index (χ3n) is 7.03. The predicted molar refractivity (Wildman–Crippen MR) is 146 cm³/mol. The lowest BCUT2D eigenvalue weighted by atomic mass is 9.86. The van der Waals surface area contributed by atoms with E-state index in [2.05, 4.69) is 29.8 Å². The van der Waals surface area contributed by atoms with Gasteiger partial charge in [-0.05, 0) is 93.2 Å². The lowest BCUT2D eigenvalue weighted by Gasteiger charge is -2.35. The molecule has 1 fully saturated rings. The summed E-state index contributed by atoms with van der Waals surface area (Å²) in [7, 11) is 0. The molecule has 1 aliphatic rings. The summed E-state index contributed by atoms with van der Waals surface area (Å²) >= 11 is 19.6. The maximum atomic E-state index is 13.9. The zero-order valence-electron chi connectivity index (χ0n) is 19.9. The number of piperidine rings is 1. The first kappa shape index (κ1) is 25.2. The third-order valence-corrected chi connectivity index (χ3v) is 7.95. The van der Waals surface area contributed by atoms with Crippen molar-refractivity contribution in [2.75, 3.05) is 13.1 Å². The number of fused-ring (bicyclic) bond motifs is 1. The number of hydrogen-bond acceptors (Lipinski definition) is 3. The molecular formula is C28H25Cl3FN3O. The highest BCUT2D eigenvalue weighted by molar-refractivity contribution is 6.38. The molecule has 0 atom stereocenters.